The third kappa shape index (κ3) is 3.57. The summed E-state index contributed by atoms with van der Waals surface area (Å²) in [7, 11) is 0. The Morgan fingerprint density at radius 1 is 1.40 bits per heavy atom. The zero-order chi connectivity index (χ0) is 11.5. The van der Waals surface area contributed by atoms with E-state index in [1.165, 1.54) is 12.1 Å². The van der Waals surface area contributed by atoms with Crippen molar-refractivity contribution in [3.05, 3.63) is 35.9 Å². The van der Waals surface area contributed by atoms with Crippen LogP contribution in [0.25, 0.3) is 0 Å². The Morgan fingerprint density at radius 2 is 1.93 bits per heavy atom. The van der Waals surface area contributed by atoms with E-state index in [1.54, 1.807) is 18.2 Å². The van der Waals surface area contributed by atoms with Crippen LogP contribution in [-0.2, 0) is 0 Å². The van der Waals surface area contributed by atoms with Crippen LogP contribution < -0.4 is 0 Å². The number of rotatable bonds is 4. The molecule has 82 valence electrons. The number of carbonyl (C=O) groups is 1. The smallest absolute Gasteiger partial charge is 0.347 e. The highest BCUT2D eigenvalue weighted by Crippen LogP contribution is 2.26. The van der Waals surface area contributed by atoms with Gasteiger partial charge >= 0.3 is 5.38 Å². The first kappa shape index (κ1) is 12.1. The van der Waals surface area contributed by atoms with Crippen molar-refractivity contribution in [2.45, 2.75) is 17.9 Å². The molecule has 0 saturated carbocycles. The normalized spacial score (nSPS) is 13.6. The van der Waals surface area contributed by atoms with Crippen molar-refractivity contribution < 1.29 is 18.7 Å². The van der Waals surface area contributed by atoms with Crippen molar-refractivity contribution >= 4 is 17.4 Å². The summed E-state index contributed by atoms with van der Waals surface area (Å²) >= 11 is 4.58. The summed E-state index contributed by atoms with van der Waals surface area (Å²) in [4.78, 5) is 11.3. The van der Waals surface area contributed by atoms with Gasteiger partial charge in [-0.2, -0.15) is 8.78 Å². The second-order valence-electron chi connectivity index (χ2n) is 3.05. The van der Waals surface area contributed by atoms with Crippen molar-refractivity contribution in [2.24, 2.45) is 0 Å². The molecule has 0 spiro atoms. The second kappa shape index (κ2) is 4.68. The maximum Gasteiger partial charge on any atom is 0.347 e. The maximum atomic E-state index is 12.4. The Bertz CT molecular complexity index is 335. The third-order valence-electron chi connectivity index (χ3n) is 1.85. The largest absolute Gasteiger partial charge is 0.385 e. The summed E-state index contributed by atoms with van der Waals surface area (Å²) in [5.74, 6) is -0.566. The van der Waals surface area contributed by atoms with Crippen molar-refractivity contribution in [3.8, 4) is 0 Å². The van der Waals surface area contributed by atoms with Gasteiger partial charge in [-0.1, -0.05) is 30.3 Å². The number of hydrogen-bond donors (Lipinski definition) is 1. The number of aliphatic hydroxyl groups excluding tert-OH is 1. The molecule has 0 bridgehead atoms. The van der Waals surface area contributed by atoms with Gasteiger partial charge in [0, 0.05) is 12.0 Å². The van der Waals surface area contributed by atoms with Crippen molar-refractivity contribution in [3.63, 3.8) is 0 Å². The van der Waals surface area contributed by atoms with Gasteiger partial charge in [0.15, 0.2) is 5.78 Å². The number of carbonyl (C=O) groups excluding carboxylic acids is 1. The molecule has 0 fully saturated rings. The monoisotopic (exact) mass is 234 g/mol. The average molecular weight is 235 g/mol. The molecule has 1 aromatic carbocycles. The average Bonchev–Trinajstić information content (AvgIpc) is 2.17. The van der Waals surface area contributed by atoms with Crippen LogP contribution in [0.4, 0.5) is 8.78 Å². The molecule has 5 heteroatoms. The second-order valence-corrected chi connectivity index (χ2v) is 3.55. The predicted molar refractivity (Wildman–Crippen MR) is 52.2 cm³/mol. The Labute approximate surface area is 90.5 Å². The molecule has 15 heavy (non-hydrogen) atoms. The molecule has 1 atom stereocenters. The van der Waals surface area contributed by atoms with Gasteiger partial charge in [0.2, 0.25) is 0 Å². The molecule has 0 aliphatic rings. The van der Waals surface area contributed by atoms with Crippen LogP contribution in [0.1, 0.15) is 16.8 Å². The summed E-state index contributed by atoms with van der Waals surface area (Å²) in [6, 6.07) is 7.89. The number of halogens is 3. The number of hydrogen-bond acceptors (Lipinski definition) is 2. The van der Waals surface area contributed by atoms with Crippen molar-refractivity contribution in [2.75, 3.05) is 0 Å². The Hall–Kier alpha value is -1.00. The molecule has 1 rings (SSSR count). The number of aliphatic hydroxyl groups is 1. The zero-order valence-electron chi connectivity index (χ0n) is 7.66. The lowest BCUT2D eigenvalue weighted by molar-refractivity contribution is -0.0405. The molecule has 0 aromatic heterocycles. The minimum absolute atomic E-state index is 0.275. The fourth-order valence-electron chi connectivity index (χ4n) is 1.03. The van der Waals surface area contributed by atoms with Crippen LogP contribution >= 0.6 is 11.6 Å². The van der Waals surface area contributed by atoms with Gasteiger partial charge in [-0.05, 0) is 11.6 Å². The van der Waals surface area contributed by atoms with E-state index in [0.29, 0.717) is 0 Å². The Kier molecular flexibility index (Phi) is 3.77. The SMILES string of the molecule is O=C(CC(O)C(F)(F)Cl)c1ccccc1. The Balaban J connectivity index is 2.65. The summed E-state index contributed by atoms with van der Waals surface area (Å²) < 4.78 is 24.7. The summed E-state index contributed by atoms with van der Waals surface area (Å²) in [5.41, 5.74) is 0.275. The van der Waals surface area contributed by atoms with E-state index in [2.05, 4.69) is 11.6 Å². The quantitative estimate of drug-likeness (QED) is 0.642. The fraction of sp³-hybridized carbons (Fsp3) is 0.300. The molecule has 0 saturated heterocycles. The Morgan fingerprint density at radius 3 is 2.40 bits per heavy atom. The number of benzene rings is 1. The van der Waals surface area contributed by atoms with Crippen LogP contribution in [0.15, 0.2) is 30.3 Å². The molecular formula is C10H9ClF2O2. The van der Waals surface area contributed by atoms with Gasteiger partial charge in [-0.3, -0.25) is 4.79 Å². The lowest BCUT2D eigenvalue weighted by Gasteiger charge is -2.14. The summed E-state index contributed by atoms with van der Waals surface area (Å²) in [6.45, 7) is 0. The van der Waals surface area contributed by atoms with E-state index in [0.717, 1.165) is 0 Å². The predicted octanol–water partition coefficient (Wildman–Crippen LogP) is 2.45. The standard InChI is InChI=1S/C10H9ClF2O2/c11-10(12,13)9(15)6-8(14)7-4-2-1-3-5-7/h1-5,9,15H,6H2. The lowest BCUT2D eigenvalue weighted by Crippen LogP contribution is -2.29. The van der Waals surface area contributed by atoms with Crippen LogP contribution in [0, 0.1) is 0 Å². The molecule has 0 amide bonds. The molecule has 0 heterocycles. The van der Waals surface area contributed by atoms with E-state index in [4.69, 9.17) is 5.11 Å². The molecule has 2 nitrogen and oxygen atoms in total. The molecule has 1 N–H and O–H groups in total. The number of Topliss-reactive ketones (excluding diaryl/α,β-unsaturated/α-hetero) is 1. The van der Waals surface area contributed by atoms with Gasteiger partial charge in [-0.25, -0.2) is 0 Å². The van der Waals surface area contributed by atoms with Gasteiger partial charge < -0.3 is 5.11 Å². The van der Waals surface area contributed by atoms with Gasteiger partial charge in [-0.15, -0.1) is 0 Å². The highest BCUT2D eigenvalue weighted by Gasteiger charge is 2.36. The van der Waals surface area contributed by atoms with Crippen LogP contribution in [-0.4, -0.2) is 22.4 Å². The zero-order valence-corrected chi connectivity index (χ0v) is 8.42. The molecule has 1 unspecified atom stereocenters. The molecule has 0 radical (unpaired) electrons. The van der Waals surface area contributed by atoms with Gasteiger partial charge in [0.05, 0.1) is 0 Å². The van der Waals surface area contributed by atoms with Crippen LogP contribution in [0.3, 0.4) is 0 Å². The van der Waals surface area contributed by atoms with E-state index in [-0.39, 0.29) is 5.56 Å². The van der Waals surface area contributed by atoms with Crippen molar-refractivity contribution in [1.82, 2.24) is 0 Å². The minimum Gasteiger partial charge on any atom is -0.385 e. The maximum absolute atomic E-state index is 12.4. The molecule has 1 aromatic rings. The fourth-order valence-corrected chi connectivity index (χ4v) is 1.11. The topological polar surface area (TPSA) is 37.3 Å². The summed E-state index contributed by atoms with van der Waals surface area (Å²) in [5, 5.41) is 5.14. The highest BCUT2D eigenvalue weighted by atomic mass is 35.5. The lowest BCUT2D eigenvalue weighted by atomic mass is 10.1. The van der Waals surface area contributed by atoms with E-state index in [1.807, 2.05) is 0 Å². The van der Waals surface area contributed by atoms with E-state index >= 15 is 0 Å². The third-order valence-corrected chi connectivity index (χ3v) is 2.10. The van der Waals surface area contributed by atoms with Crippen LogP contribution in [0.5, 0.6) is 0 Å². The highest BCUT2D eigenvalue weighted by molar-refractivity contribution is 6.22. The van der Waals surface area contributed by atoms with Crippen molar-refractivity contribution in [1.29, 1.82) is 0 Å². The molecular weight excluding hydrogens is 226 g/mol. The summed E-state index contributed by atoms with van der Waals surface area (Å²) in [6.07, 6.45) is -2.85. The first-order valence-corrected chi connectivity index (χ1v) is 4.62. The molecule has 0 aliphatic carbocycles. The molecule has 0 aliphatic heterocycles. The number of alkyl halides is 3. The first-order chi connectivity index (χ1) is 6.91. The number of ketones is 1. The first-order valence-electron chi connectivity index (χ1n) is 4.24. The van der Waals surface area contributed by atoms with E-state index in [9.17, 15) is 13.6 Å². The van der Waals surface area contributed by atoms with Crippen LogP contribution in [0.2, 0.25) is 0 Å². The minimum atomic E-state index is -3.77. The van der Waals surface area contributed by atoms with Gasteiger partial charge in [0.1, 0.15) is 6.10 Å². The van der Waals surface area contributed by atoms with E-state index < -0.39 is 23.7 Å². The van der Waals surface area contributed by atoms with Gasteiger partial charge in [0.25, 0.3) is 0 Å².